The lowest BCUT2D eigenvalue weighted by molar-refractivity contribution is 0.230. The lowest BCUT2D eigenvalue weighted by Gasteiger charge is -2.35. The minimum absolute atomic E-state index is 0.417. The molecule has 0 saturated carbocycles. The Labute approximate surface area is 213 Å². The van der Waals surface area contributed by atoms with Crippen LogP contribution in [-0.4, -0.2) is 77.1 Å². The standard InChI is InChI=1S/C26H30BrN7O/c1-32-9-8-19(16-32)29-23-22(27)15-28-26-24(23)30-25(31-26)18-4-6-20(7-5-18)34-12-10-33(11-13-34)17-21-3-2-14-35-21/h2-7,14-15,19H,8-13,16-17H2,1H3,(H2,28,29,30,31)/t19-/m0/s1. The van der Waals surface area contributed by atoms with E-state index in [9.17, 15) is 0 Å². The number of aromatic nitrogens is 3. The number of piperazine rings is 1. The van der Waals surface area contributed by atoms with Crippen LogP contribution >= 0.6 is 15.9 Å². The van der Waals surface area contributed by atoms with Gasteiger partial charge in [0.05, 0.1) is 23.0 Å². The Kier molecular flexibility index (Phi) is 6.22. The van der Waals surface area contributed by atoms with Gasteiger partial charge in [0.1, 0.15) is 17.1 Å². The Morgan fingerprint density at radius 1 is 1.11 bits per heavy atom. The number of H-pyrrole nitrogens is 1. The van der Waals surface area contributed by atoms with Gasteiger partial charge < -0.3 is 24.5 Å². The molecule has 0 aliphatic carbocycles. The molecule has 3 aromatic heterocycles. The van der Waals surface area contributed by atoms with E-state index in [0.717, 1.165) is 90.7 Å². The van der Waals surface area contributed by atoms with E-state index in [1.54, 1.807) is 6.26 Å². The number of nitrogens with one attached hydrogen (secondary N) is 2. The van der Waals surface area contributed by atoms with Crippen molar-refractivity contribution in [2.24, 2.45) is 0 Å². The highest BCUT2D eigenvalue weighted by Crippen LogP contribution is 2.32. The number of nitrogens with zero attached hydrogens (tertiary/aromatic N) is 5. The quantitative estimate of drug-likeness (QED) is 0.378. The average Bonchev–Trinajstić information content (AvgIpc) is 3.63. The van der Waals surface area contributed by atoms with Crippen molar-refractivity contribution in [2.45, 2.75) is 19.0 Å². The van der Waals surface area contributed by atoms with Gasteiger partial charge in [-0.2, -0.15) is 0 Å². The van der Waals surface area contributed by atoms with Gasteiger partial charge in [-0.3, -0.25) is 4.90 Å². The Balaban J connectivity index is 1.15. The summed E-state index contributed by atoms with van der Waals surface area (Å²) in [6, 6.07) is 13.1. The molecule has 0 unspecified atom stereocenters. The van der Waals surface area contributed by atoms with Crippen LogP contribution in [-0.2, 0) is 6.54 Å². The molecule has 182 valence electrons. The van der Waals surface area contributed by atoms with E-state index in [1.807, 2.05) is 18.3 Å². The molecule has 8 nitrogen and oxygen atoms in total. The van der Waals surface area contributed by atoms with Crippen LogP contribution in [0.3, 0.4) is 0 Å². The van der Waals surface area contributed by atoms with Crippen LogP contribution in [0.1, 0.15) is 12.2 Å². The summed E-state index contributed by atoms with van der Waals surface area (Å²) in [5, 5.41) is 3.69. The maximum atomic E-state index is 5.50. The molecular weight excluding hydrogens is 506 g/mol. The van der Waals surface area contributed by atoms with Crippen LogP contribution in [0.5, 0.6) is 0 Å². The third-order valence-corrected chi connectivity index (χ3v) is 7.65. The van der Waals surface area contributed by atoms with Crippen molar-refractivity contribution in [2.75, 3.05) is 56.5 Å². The Bertz CT molecular complexity index is 1280. The van der Waals surface area contributed by atoms with Crippen LogP contribution in [0.2, 0.25) is 0 Å². The van der Waals surface area contributed by atoms with Crippen LogP contribution in [0.4, 0.5) is 11.4 Å². The first-order valence-electron chi connectivity index (χ1n) is 12.2. The van der Waals surface area contributed by atoms with Gasteiger partial charge in [0.2, 0.25) is 0 Å². The van der Waals surface area contributed by atoms with Crippen LogP contribution in [0.25, 0.3) is 22.6 Å². The molecule has 0 amide bonds. The van der Waals surface area contributed by atoms with E-state index in [0.29, 0.717) is 6.04 Å². The van der Waals surface area contributed by atoms with E-state index in [1.165, 1.54) is 5.69 Å². The third kappa shape index (κ3) is 4.80. The summed E-state index contributed by atoms with van der Waals surface area (Å²) in [6.45, 7) is 7.09. The number of fused-ring (bicyclic) bond motifs is 1. The second kappa shape index (κ2) is 9.64. The molecule has 4 aromatic rings. The Morgan fingerprint density at radius 3 is 2.66 bits per heavy atom. The first-order chi connectivity index (χ1) is 17.1. The van der Waals surface area contributed by atoms with Crippen molar-refractivity contribution in [3.8, 4) is 11.4 Å². The summed E-state index contributed by atoms with van der Waals surface area (Å²) < 4.78 is 6.44. The molecule has 35 heavy (non-hydrogen) atoms. The SMILES string of the molecule is CN1CC[C@H](Nc2c(Br)cnc3[nH]c(-c4ccc(N5CCN(Cc6ccco6)CC5)cc4)nc23)C1. The molecule has 0 bridgehead atoms. The molecule has 2 saturated heterocycles. The van der Waals surface area contributed by atoms with Gasteiger partial charge in [-0.1, -0.05) is 0 Å². The maximum absolute atomic E-state index is 5.50. The number of imidazole rings is 1. The fraction of sp³-hybridized carbons (Fsp3) is 0.385. The number of aromatic amines is 1. The first-order valence-corrected chi connectivity index (χ1v) is 13.0. The van der Waals surface area contributed by atoms with Crippen molar-refractivity contribution in [3.05, 3.63) is 59.1 Å². The smallest absolute Gasteiger partial charge is 0.159 e. The Morgan fingerprint density at radius 2 is 1.94 bits per heavy atom. The molecule has 1 aromatic carbocycles. The minimum Gasteiger partial charge on any atom is -0.468 e. The lowest BCUT2D eigenvalue weighted by Crippen LogP contribution is -2.45. The number of benzene rings is 1. The zero-order valence-electron chi connectivity index (χ0n) is 19.9. The van der Waals surface area contributed by atoms with E-state index >= 15 is 0 Å². The molecule has 2 fully saturated rings. The molecule has 1 atom stereocenters. The van der Waals surface area contributed by atoms with Crippen LogP contribution < -0.4 is 10.2 Å². The number of rotatable bonds is 6. The molecule has 2 aliphatic heterocycles. The lowest BCUT2D eigenvalue weighted by atomic mass is 10.1. The zero-order valence-corrected chi connectivity index (χ0v) is 21.5. The largest absolute Gasteiger partial charge is 0.468 e. The summed E-state index contributed by atoms with van der Waals surface area (Å²) in [5.74, 6) is 1.87. The van der Waals surface area contributed by atoms with E-state index in [-0.39, 0.29) is 0 Å². The molecule has 0 radical (unpaired) electrons. The van der Waals surface area contributed by atoms with Gasteiger partial charge >= 0.3 is 0 Å². The Hall–Kier alpha value is -2.88. The van der Waals surface area contributed by atoms with Gasteiger partial charge in [-0.15, -0.1) is 0 Å². The second-order valence-electron chi connectivity index (χ2n) is 9.55. The number of likely N-dealkylation sites (tertiary alicyclic amines) is 1. The average molecular weight is 536 g/mol. The van der Waals surface area contributed by atoms with Gasteiger partial charge in [0.25, 0.3) is 0 Å². The summed E-state index contributed by atoms with van der Waals surface area (Å²) >= 11 is 3.67. The van der Waals surface area contributed by atoms with E-state index in [2.05, 4.69) is 77.2 Å². The van der Waals surface area contributed by atoms with Gasteiger partial charge in [0, 0.05) is 56.2 Å². The summed E-state index contributed by atoms with van der Waals surface area (Å²) in [5.41, 5.74) is 5.00. The molecule has 5 heterocycles. The van der Waals surface area contributed by atoms with Crippen molar-refractivity contribution in [1.29, 1.82) is 0 Å². The predicted octanol–water partition coefficient (Wildman–Crippen LogP) is 4.42. The number of likely N-dealkylation sites (N-methyl/N-ethyl adjacent to an activating group) is 1. The summed E-state index contributed by atoms with van der Waals surface area (Å²) in [6.07, 6.45) is 4.72. The zero-order chi connectivity index (χ0) is 23.8. The van der Waals surface area contributed by atoms with Crippen LogP contribution in [0.15, 0.2) is 57.7 Å². The third-order valence-electron chi connectivity index (χ3n) is 7.04. The van der Waals surface area contributed by atoms with Gasteiger partial charge in [-0.05, 0) is 72.3 Å². The number of anilines is 2. The summed E-state index contributed by atoms with van der Waals surface area (Å²) in [4.78, 5) is 20.2. The topological polar surface area (TPSA) is 76.5 Å². The van der Waals surface area contributed by atoms with E-state index < -0.39 is 0 Å². The number of pyridine rings is 1. The monoisotopic (exact) mass is 535 g/mol. The van der Waals surface area contributed by atoms with Crippen molar-refractivity contribution >= 4 is 38.5 Å². The number of hydrogen-bond donors (Lipinski definition) is 2. The summed E-state index contributed by atoms with van der Waals surface area (Å²) in [7, 11) is 2.16. The van der Waals surface area contributed by atoms with Crippen molar-refractivity contribution in [3.63, 3.8) is 0 Å². The normalized spacial score (nSPS) is 19.6. The second-order valence-corrected chi connectivity index (χ2v) is 10.4. The molecule has 9 heteroatoms. The number of hydrogen-bond acceptors (Lipinski definition) is 7. The van der Waals surface area contributed by atoms with E-state index in [4.69, 9.17) is 9.40 Å². The molecule has 0 spiro atoms. The molecule has 2 N–H and O–H groups in total. The number of halogens is 1. The molecular formula is C26H30BrN7O. The highest BCUT2D eigenvalue weighted by atomic mass is 79.9. The minimum atomic E-state index is 0.417. The van der Waals surface area contributed by atoms with Crippen molar-refractivity contribution in [1.82, 2.24) is 24.8 Å². The highest BCUT2D eigenvalue weighted by molar-refractivity contribution is 9.10. The molecule has 6 rings (SSSR count). The van der Waals surface area contributed by atoms with Crippen molar-refractivity contribution < 1.29 is 4.42 Å². The fourth-order valence-electron chi connectivity index (χ4n) is 5.08. The van der Waals surface area contributed by atoms with Crippen LogP contribution in [0, 0.1) is 0 Å². The van der Waals surface area contributed by atoms with Gasteiger partial charge in [0.15, 0.2) is 5.65 Å². The highest BCUT2D eigenvalue weighted by Gasteiger charge is 2.23. The maximum Gasteiger partial charge on any atom is 0.159 e. The number of furan rings is 1. The first kappa shape index (κ1) is 22.6. The predicted molar refractivity (Wildman–Crippen MR) is 143 cm³/mol. The van der Waals surface area contributed by atoms with Gasteiger partial charge in [-0.25, -0.2) is 9.97 Å². The fourth-order valence-corrected chi connectivity index (χ4v) is 5.48. The molecule has 2 aliphatic rings.